The second-order valence-corrected chi connectivity index (χ2v) is 3.19. The number of halogens is 3. The molecule has 0 aromatic rings. The average molecular weight is 197 g/mol. The zero-order valence-electron chi connectivity index (χ0n) is 8.08. The summed E-state index contributed by atoms with van der Waals surface area (Å²) >= 11 is 0. The van der Waals surface area contributed by atoms with Crippen LogP contribution in [0.4, 0.5) is 13.2 Å². The minimum atomic E-state index is -4.20. The lowest BCUT2D eigenvalue weighted by Gasteiger charge is -2.07. The molecular formula is C9H18F3N. The lowest BCUT2D eigenvalue weighted by atomic mass is 10.1. The highest BCUT2D eigenvalue weighted by Gasteiger charge is 2.25. The third-order valence-electron chi connectivity index (χ3n) is 1.86. The van der Waals surface area contributed by atoms with Crippen molar-refractivity contribution in [1.82, 2.24) is 5.32 Å². The number of hydrogen-bond donors (Lipinski definition) is 1. The first-order valence-electron chi connectivity index (χ1n) is 4.88. The van der Waals surface area contributed by atoms with Crippen LogP contribution in [-0.4, -0.2) is 12.8 Å². The van der Waals surface area contributed by atoms with Crippen LogP contribution in [0.25, 0.3) is 0 Å². The largest absolute Gasteiger partial charge is 0.457 e. The standard InChI is InChI=1S/C9H18F3N/c1-2-3-4-5-6-7-8-13-9(10,11)12/h13H,2-8H2,1H3. The summed E-state index contributed by atoms with van der Waals surface area (Å²) in [6.45, 7) is 2.17. The maximum Gasteiger partial charge on any atom is 0.457 e. The van der Waals surface area contributed by atoms with Crippen molar-refractivity contribution in [3.8, 4) is 0 Å². The van der Waals surface area contributed by atoms with Gasteiger partial charge in [-0.05, 0) is 6.42 Å². The van der Waals surface area contributed by atoms with Crippen LogP contribution < -0.4 is 5.32 Å². The summed E-state index contributed by atoms with van der Waals surface area (Å²) in [4.78, 5) is 0. The maximum atomic E-state index is 11.6. The van der Waals surface area contributed by atoms with Crippen molar-refractivity contribution >= 4 is 0 Å². The predicted octanol–water partition coefficient (Wildman–Crippen LogP) is 3.46. The summed E-state index contributed by atoms with van der Waals surface area (Å²) in [6, 6.07) is 0. The molecule has 1 N–H and O–H groups in total. The molecule has 80 valence electrons. The summed E-state index contributed by atoms with van der Waals surface area (Å²) in [7, 11) is 0. The number of unbranched alkanes of at least 4 members (excludes halogenated alkanes) is 5. The molecule has 0 aliphatic carbocycles. The van der Waals surface area contributed by atoms with E-state index in [2.05, 4.69) is 6.92 Å². The van der Waals surface area contributed by atoms with Crippen molar-refractivity contribution in [2.75, 3.05) is 6.54 Å². The Kier molecular flexibility index (Phi) is 7.04. The van der Waals surface area contributed by atoms with E-state index in [-0.39, 0.29) is 6.54 Å². The van der Waals surface area contributed by atoms with Crippen LogP contribution in [0.15, 0.2) is 0 Å². The van der Waals surface area contributed by atoms with E-state index in [1.54, 1.807) is 0 Å². The normalized spacial score (nSPS) is 12.0. The van der Waals surface area contributed by atoms with Gasteiger partial charge in [-0.1, -0.05) is 39.0 Å². The number of alkyl halides is 3. The van der Waals surface area contributed by atoms with Gasteiger partial charge in [-0.25, -0.2) is 5.32 Å². The summed E-state index contributed by atoms with van der Waals surface area (Å²) in [5.41, 5.74) is 0. The molecular weight excluding hydrogens is 179 g/mol. The predicted molar refractivity (Wildman–Crippen MR) is 47.4 cm³/mol. The second kappa shape index (κ2) is 7.18. The van der Waals surface area contributed by atoms with Crippen LogP contribution in [0, 0.1) is 0 Å². The van der Waals surface area contributed by atoms with Crippen molar-refractivity contribution in [3.05, 3.63) is 0 Å². The van der Waals surface area contributed by atoms with Crippen molar-refractivity contribution < 1.29 is 13.2 Å². The fourth-order valence-corrected chi connectivity index (χ4v) is 1.14. The molecule has 0 saturated carbocycles. The van der Waals surface area contributed by atoms with Gasteiger partial charge in [-0.2, -0.15) is 13.2 Å². The van der Waals surface area contributed by atoms with Crippen LogP contribution in [0.2, 0.25) is 0 Å². The summed E-state index contributed by atoms with van der Waals surface area (Å²) in [5.74, 6) is 0. The van der Waals surface area contributed by atoms with Gasteiger partial charge in [0, 0.05) is 6.54 Å². The van der Waals surface area contributed by atoms with Gasteiger partial charge < -0.3 is 0 Å². The molecule has 0 rings (SSSR count). The molecule has 0 amide bonds. The van der Waals surface area contributed by atoms with Gasteiger partial charge in [0.05, 0.1) is 0 Å². The van der Waals surface area contributed by atoms with Gasteiger partial charge in [-0.3, -0.25) is 0 Å². The molecule has 0 heterocycles. The van der Waals surface area contributed by atoms with E-state index in [1.165, 1.54) is 18.2 Å². The molecule has 0 aliphatic heterocycles. The molecule has 0 bridgehead atoms. The summed E-state index contributed by atoms with van der Waals surface area (Å²) < 4.78 is 34.7. The van der Waals surface area contributed by atoms with E-state index in [9.17, 15) is 13.2 Å². The minimum Gasteiger partial charge on any atom is -0.228 e. The Morgan fingerprint density at radius 3 is 2.00 bits per heavy atom. The van der Waals surface area contributed by atoms with Crippen molar-refractivity contribution in [2.45, 2.75) is 51.7 Å². The first-order valence-corrected chi connectivity index (χ1v) is 4.88. The topological polar surface area (TPSA) is 12.0 Å². The molecule has 0 aliphatic rings. The van der Waals surface area contributed by atoms with Gasteiger partial charge in [-0.15, -0.1) is 0 Å². The molecule has 0 radical (unpaired) electrons. The molecule has 0 fully saturated rings. The molecule has 0 aromatic heterocycles. The van der Waals surface area contributed by atoms with E-state index >= 15 is 0 Å². The summed E-state index contributed by atoms with van der Waals surface area (Å²) in [6.07, 6.45) is 1.85. The molecule has 13 heavy (non-hydrogen) atoms. The molecule has 4 heteroatoms. The van der Waals surface area contributed by atoms with Crippen LogP contribution in [0.1, 0.15) is 45.4 Å². The zero-order chi connectivity index (χ0) is 10.2. The van der Waals surface area contributed by atoms with Gasteiger partial charge >= 0.3 is 6.30 Å². The fourth-order valence-electron chi connectivity index (χ4n) is 1.14. The van der Waals surface area contributed by atoms with Crippen molar-refractivity contribution in [2.24, 2.45) is 0 Å². The van der Waals surface area contributed by atoms with Gasteiger partial charge in [0.15, 0.2) is 0 Å². The molecule has 0 spiro atoms. The highest BCUT2D eigenvalue weighted by atomic mass is 19.4. The average Bonchev–Trinajstić information content (AvgIpc) is 2.01. The Hall–Kier alpha value is -0.250. The van der Waals surface area contributed by atoms with Crippen molar-refractivity contribution in [1.29, 1.82) is 0 Å². The van der Waals surface area contributed by atoms with E-state index in [0.29, 0.717) is 6.42 Å². The lowest BCUT2D eigenvalue weighted by molar-refractivity contribution is -0.156. The molecule has 0 saturated heterocycles. The van der Waals surface area contributed by atoms with E-state index < -0.39 is 6.30 Å². The molecule has 0 aromatic carbocycles. The smallest absolute Gasteiger partial charge is 0.228 e. The fraction of sp³-hybridized carbons (Fsp3) is 1.00. The van der Waals surface area contributed by atoms with Gasteiger partial charge in [0.25, 0.3) is 0 Å². The number of rotatable bonds is 7. The second-order valence-electron chi connectivity index (χ2n) is 3.19. The van der Waals surface area contributed by atoms with Crippen LogP contribution in [-0.2, 0) is 0 Å². The minimum absolute atomic E-state index is 0.0512. The number of hydrogen-bond acceptors (Lipinski definition) is 1. The van der Waals surface area contributed by atoms with Gasteiger partial charge in [0.1, 0.15) is 0 Å². The molecule has 0 atom stereocenters. The Morgan fingerprint density at radius 1 is 0.923 bits per heavy atom. The van der Waals surface area contributed by atoms with E-state index in [4.69, 9.17) is 0 Å². The monoisotopic (exact) mass is 197 g/mol. The Balaban J connectivity index is 3.00. The maximum absolute atomic E-state index is 11.6. The molecule has 1 nitrogen and oxygen atoms in total. The Morgan fingerprint density at radius 2 is 1.46 bits per heavy atom. The van der Waals surface area contributed by atoms with Crippen LogP contribution in [0.5, 0.6) is 0 Å². The van der Waals surface area contributed by atoms with E-state index in [0.717, 1.165) is 19.3 Å². The Bertz CT molecular complexity index is 112. The third kappa shape index (κ3) is 11.8. The van der Waals surface area contributed by atoms with Crippen LogP contribution in [0.3, 0.4) is 0 Å². The zero-order valence-corrected chi connectivity index (χ0v) is 8.08. The summed E-state index contributed by atoms with van der Waals surface area (Å²) in [5, 5.41) is 1.51. The van der Waals surface area contributed by atoms with Crippen molar-refractivity contribution in [3.63, 3.8) is 0 Å². The lowest BCUT2D eigenvalue weighted by Crippen LogP contribution is -2.32. The first-order chi connectivity index (χ1) is 6.06. The van der Waals surface area contributed by atoms with Crippen LogP contribution >= 0.6 is 0 Å². The third-order valence-corrected chi connectivity index (χ3v) is 1.86. The highest BCUT2D eigenvalue weighted by Crippen LogP contribution is 2.10. The number of nitrogens with one attached hydrogen (secondary N) is 1. The first kappa shape index (κ1) is 12.8. The Labute approximate surface area is 77.7 Å². The van der Waals surface area contributed by atoms with Gasteiger partial charge in [0.2, 0.25) is 0 Å². The highest BCUT2D eigenvalue weighted by molar-refractivity contribution is 4.50. The van der Waals surface area contributed by atoms with E-state index in [1.807, 2.05) is 0 Å². The quantitative estimate of drug-likeness (QED) is 0.487. The SMILES string of the molecule is CCCCCCCCNC(F)(F)F. The molecule has 0 unspecified atom stereocenters.